The lowest BCUT2D eigenvalue weighted by Gasteiger charge is -1.97. The van der Waals surface area contributed by atoms with E-state index in [1.165, 1.54) is 0 Å². The molecule has 3 heterocycles. The van der Waals surface area contributed by atoms with Crippen LogP contribution in [0.4, 0.5) is 0 Å². The predicted octanol–water partition coefficient (Wildman–Crippen LogP) is 2.37. The second kappa shape index (κ2) is 7.89. The van der Waals surface area contributed by atoms with Gasteiger partial charge in [-0.3, -0.25) is 19.6 Å². The molecule has 0 fully saturated rings. The lowest BCUT2D eigenvalue weighted by Crippen LogP contribution is -2.21. The summed E-state index contributed by atoms with van der Waals surface area (Å²) in [6.45, 7) is 0. The third kappa shape index (κ3) is 4.13. The maximum atomic E-state index is 10.7. The minimum Gasteiger partial charge on any atom is -0.280 e. The van der Waals surface area contributed by atoms with Gasteiger partial charge in [0.1, 0.15) is 0 Å². The zero-order valence-electron chi connectivity index (χ0n) is 11.6. The van der Waals surface area contributed by atoms with Crippen molar-refractivity contribution in [1.82, 2.24) is 9.97 Å². The van der Waals surface area contributed by atoms with Gasteiger partial charge in [-0.2, -0.15) is 0 Å². The van der Waals surface area contributed by atoms with Gasteiger partial charge in [-0.25, -0.2) is 0 Å². The van der Waals surface area contributed by atoms with Crippen molar-refractivity contribution < 1.29 is 9.59 Å². The van der Waals surface area contributed by atoms with Crippen molar-refractivity contribution in [2.24, 2.45) is 15.4 Å². The van der Waals surface area contributed by atoms with Crippen LogP contribution in [0.25, 0.3) is 11.1 Å². The number of pyridine rings is 2. The first-order chi connectivity index (χ1) is 10.7. The molecule has 2 aromatic heterocycles. The number of hydrogen-bond donors (Lipinski definition) is 0. The Hall–Kier alpha value is -2.74. The van der Waals surface area contributed by atoms with Crippen LogP contribution in [0.1, 0.15) is 0 Å². The van der Waals surface area contributed by atoms with Crippen molar-refractivity contribution in [3.05, 3.63) is 49.1 Å². The smallest absolute Gasteiger partial charge is 0.280 e. The van der Waals surface area contributed by atoms with E-state index in [4.69, 9.17) is 0 Å². The van der Waals surface area contributed by atoms with E-state index >= 15 is 0 Å². The summed E-state index contributed by atoms with van der Waals surface area (Å²) in [4.78, 5) is 29.2. The van der Waals surface area contributed by atoms with Gasteiger partial charge in [0.15, 0.2) is 5.04 Å². The molecular weight excluding hydrogens is 302 g/mol. The number of carbonyl (C=O) groups is 2. The molecule has 0 bridgehead atoms. The molecule has 0 saturated carbocycles. The number of ketones is 1. The summed E-state index contributed by atoms with van der Waals surface area (Å²) in [5, 5.41) is 9.47. The molecule has 0 N–H and O–H groups in total. The van der Waals surface area contributed by atoms with Gasteiger partial charge in [0.05, 0.1) is 0 Å². The highest BCUT2D eigenvalue weighted by molar-refractivity contribution is 8.15. The van der Waals surface area contributed by atoms with E-state index in [-0.39, 0.29) is 5.04 Å². The molecular formula is C14H11N5O2S. The molecule has 1 amide bonds. The molecule has 8 heteroatoms. The van der Waals surface area contributed by atoms with E-state index in [0.29, 0.717) is 0 Å². The number of rotatable bonds is 1. The van der Waals surface area contributed by atoms with Crippen molar-refractivity contribution >= 4 is 28.5 Å². The number of thioether (sulfide) groups is 1. The van der Waals surface area contributed by atoms with E-state index < -0.39 is 11.7 Å². The quantitative estimate of drug-likeness (QED) is 0.753. The van der Waals surface area contributed by atoms with E-state index in [9.17, 15) is 9.59 Å². The summed E-state index contributed by atoms with van der Waals surface area (Å²) >= 11 is 1.08. The molecule has 0 unspecified atom stereocenters. The average Bonchev–Trinajstić information content (AvgIpc) is 2.59. The molecule has 0 aliphatic carbocycles. The van der Waals surface area contributed by atoms with Gasteiger partial charge in [-0.15, -0.1) is 16.9 Å². The summed E-state index contributed by atoms with van der Waals surface area (Å²) in [5.74, 6) is -1.53. The highest BCUT2D eigenvalue weighted by atomic mass is 32.2. The van der Waals surface area contributed by atoms with Gasteiger partial charge in [0.2, 0.25) is 0 Å². The van der Waals surface area contributed by atoms with E-state index in [1.54, 1.807) is 18.6 Å². The Morgan fingerprint density at radius 2 is 1.55 bits per heavy atom. The summed E-state index contributed by atoms with van der Waals surface area (Å²) in [7, 11) is 0. The van der Waals surface area contributed by atoms with Crippen molar-refractivity contribution in [1.29, 1.82) is 0 Å². The zero-order chi connectivity index (χ0) is 15.8. The van der Waals surface area contributed by atoms with Crippen molar-refractivity contribution in [2.45, 2.75) is 0 Å². The van der Waals surface area contributed by atoms with Crippen LogP contribution in [0.15, 0.2) is 64.5 Å². The number of aromatic nitrogens is 2. The molecule has 2 aromatic rings. The maximum Gasteiger partial charge on any atom is 0.340 e. The Morgan fingerprint density at radius 3 is 1.95 bits per heavy atom. The van der Waals surface area contributed by atoms with Crippen LogP contribution >= 0.6 is 11.8 Å². The number of amides is 1. The van der Waals surface area contributed by atoms with Gasteiger partial charge in [-0.1, -0.05) is 17.2 Å². The first-order valence-electron chi connectivity index (χ1n) is 6.14. The van der Waals surface area contributed by atoms with Gasteiger partial charge in [0.25, 0.3) is 5.78 Å². The topological polar surface area (TPSA) is 97.0 Å². The van der Waals surface area contributed by atoms with Crippen LogP contribution in [0.2, 0.25) is 0 Å². The maximum absolute atomic E-state index is 10.7. The number of nitrogens with zero attached hydrogens (tertiary/aromatic N) is 5. The fourth-order valence-corrected chi connectivity index (χ4v) is 1.88. The molecule has 3 rings (SSSR count). The minimum absolute atomic E-state index is 0.0972. The third-order valence-corrected chi connectivity index (χ3v) is 3.16. The number of hydrogen-bond acceptors (Lipinski definition) is 7. The predicted molar refractivity (Wildman–Crippen MR) is 83.3 cm³/mol. The molecule has 0 aromatic carbocycles. The van der Waals surface area contributed by atoms with E-state index in [2.05, 4.69) is 25.4 Å². The van der Waals surface area contributed by atoms with Crippen LogP contribution in [0.3, 0.4) is 0 Å². The SMILES string of the molecule is CSC1=NN=NC(=O)C1=O.c1cncc(-c2cccnc2)c1. The summed E-state index contributed by atoms with van der Waals surface area (Å²) in [6.07, 6.45) is 8.83. The van der Waals surface area contributed by atoms with E-state index in [0.717, 1.165) is 22.9 Å². The van der Waals surface area contributed by atoms with Crippen LogP contribution in [0, 0.1) is 0 Å². The van der Waals surface area contributed by atoms with Gasteiger partial charge >= 0.3 is 5.91 Å². The van der Waals surface area contributed by atoms with Crippen LogP contribution in [-0.4, -0.2) is 33.0 Å². The monoisotopic (exact) mass is 313 g/mol. The standard InChI is InChI=1S/C10H8N2.C4H3N3O2S/c1-3-9(7-11-5-1)10-4-2-6-12-8-10;1-10-4-2(8)3(9)5-7-6-4/h1-8H;1H3. The average molecular weight is 313 g/mol. The number of Topliss-reactive ketones (excluding diaryl/α,β-unsaturated/α-hetero) is 1. The largest absolute Gasteiger partial charge is 0.340 e. The fourth-order valence-electron chi connectivity index (χ4n) is 1.49. The van der Waals surface area contributed by atoms with Crippen molar-refractivity contribution in [3.63, 3.8) is 0 Å². The molecule has 1 aliphatic heterocycles. The zero-order valence-corrected chi connectivity index (χ0v) is 12.4. The Labute approximate surface area is 130 Å². The highest BCUT2D eigenvalue weighted by Crippen LogP contribution is 2.14. The second-order valence-electron chi connectivity index (χ2n) is 3.92. The molecule has 0 spiro atoms. The van der Waals surface area contributed by atoms with Crippen molar-refractivity contribution in [3.8, 4) is 11.1 Å². The molecule has 110 valence electrons. The summed E-state index contributed by atoms with van der Waals surface area (Å²) < 4.78 is 0. The van der Waals surface area contributed by atoms with Gasteiger partial charge in [-0.05, 0) is 23.6 Å². The number of carbonyl (C=O) groups excluding carboxylic acids is 2. The molecule has 7 nitrogen and oxygen atoms in total. The third-order valence-electron chi connectivity index (χ3n) is 2.51. The van der Waals surface area contributed by atoms with Crippen LogP contribution in [-0.2, 0) is 9.59 Å². The first-order valence-corrected chi connectivity index (χ1v) is 7.36. The molecule has 0 radical (unpaired) electrons. The molecule has 1 aliphatic rings. The Morgan fingerprint density at radius 1 is 0.955 bits per heavy atom. The van der Waals surface area contributed by atoms with Gasteiger partial charge in [0, 0.05) is 35.9 Å². The normalized spacial score (nSPS) is 13.2. The second-order valence-corrected chi connectivity index (χ2v) is 4.71. The molecule has 0 saturated heterocycles. The first kappa shape index (κ1) is 15.6. The minimum atomic E-state index is -0.848. The van der Waals surface area contributed by atoms with E-state index in [1.807, 2.05) is 36.7 Å². The highest BCUT2D eigenvalue weighted by Gasteiger charge is 2.22. The molecule has 22 heavy (non-hydrogen) atoms. The lowest BCUT2D eigenvalue weighted by atomic mass is 10.1. The Kier molecular flexibility index (Phi) is 5.61. The van der Waals surface area contributed by atoms with Crippen LogP contribution < -0.4 is 0 Å². The van der Waals surface area contributed by atoms with Gasteiger partial charge < -0.3 is 0 Å². The lowest BCUT2D eigenvalue weighted by molar-refractivity contribution is -0.132. The Bertz CT molecular complexity index is 679. The molecule has 0 atom stereocenters. The Balaban J connectivity index is 0.000000164. The van der Waals surface area contributed by atoms with Crippen LogP contribution in [0.5, 0.6) is 0 Å². The fraction of sp³-hybridized carbons (Fsp3) is 0.0714. The summed E-state index contributed by atoms with van der Waals surface area (Å²) in [6, 6.07) is 7.87. The summed E-state index contributed by atoms with van der Waals surface area (Å²) in [5.41, 5.74) is 2.20. The van der Waals surface area contributed by atoms with Crippen molar-refractivity contribution in [2.75, 3.05) is 6.26 Å².